The van der Waals surface area contributed by atoms with Crippen molar-refractivity contribution < 1.29 is 23.0 Å². The zero-order valence-electron chi connectivity index (χ0n) is 13.1. The molecule has 1 aromatic carbocycles. The number of ether oxygens (including phenoxy) is 2. The number of hydrogen-bond donors (Lipinski definition) is 1. The van der Waals surface area contributed by atoms with Crippen LogP contribution in [0.1, 0.15) is 19.8 Å². The van der Waals surface area contributed by atoms with Crippen LogP contribution in [0.3, 0.4) is 0 Å². The summed E-state index contributed by atoms with van der Waals surface area (Å²) in [5.41, 5.74) is 0.964. The lowest BCUT2D eigenvalue weighted by Crippen LogP contribution is -2.45. The molecule has 0 radical (unpaired) electrons. The van der Waals surface area contributed by atoms with Crippen molar-refractivity contribution in [3.05, 3.63) is 24.3 Å². The molecule has 128 valence electrons. The maximum atomic E-state index is 12.1. The molecule has 7 heteroatoms. The fourth-order valence-corrected chi connectivity index (χ4v) is 2.58. The van der Waals surface area contributed by atoms with Gasteiger partial charge in [-0.05, 0) is 44.0 Å². The van der Waals surface area contributed by atoms with E-state index in [9.17, 15) is 13.6 Å². The topological polar surface area (TPSA) is 50.8 Å². The van der Waals surface area contributed by atoms with Crippen molar-refractivity contribution >= 4 is 11.6 Å². The summed E-state index contributed by atoms with van der Waals surface area (Å²) in [5.74, 6) is 0.0700. The van der Waals surface area contributed by atoms with Crippen molar-refractivity contribution in [1.82, 2.24) is 5.32 Å². The predicted molar refractivity (Wildman–Crippen MR) is 82.9 cm³/mol. The van der Waals surface area contributed by atoms with Crippen molar-refractivity contribution in [2.45, 2.75) is 32.4 Å². The van der Waals surface area contributed by atoms with Gasteiger partial charge in [0.2, 0.25) is 5.91 Å². The van der Waals surface area contributed by atoms with Gasteiger partial charge in [-0.15, -0.1) is 0 Å². The molecule has 1 aliphatic rings. The van der Waals surface area contributed by atoms with Gasteiger partial charge in [-0.2, -0.15) is 8.78 Å². The number of hydrogen-bond acceptors (Lipinski definition) is 4. The first-order valence-corrected chi connectivity index (χ1v) is 7.75. The molecule has 1 fully saturated rings. The van der Waals surface area contributed by atoms with Crippen LogP contribution in [-0.2, 0) is 9.53 Å². The Hall–Kier alpha value is -1.89. The molecule has 1 saturated heterocycles. The molecule has 23 heavy (non-hydrogen) atoms. The minimum atomic E-state index is -2.81. The molecule has 1 heterocycles. The van der Waals surface area contributed by atoms with Gasteiger partial charge in [-0.1, -0.05) is 0 Å². The summed E-state index contributed by atoms with van der Waals surface area (Å²) < 4.78 is 33.7. The average molecular weight is 328 g/mol. The monoisotopic (exact) mass is 328 g/mol. The zero-order valence-corrected chi connectivity index (χ0v) is 13.1. The highest BCUT2D eigenvalue weighted by atomic mass is 19.3. The van der Waals surface area contributed by atoms with Crippen LogP contribution in [0.5, 0.6) is 5.75 Å². The molecular weight excluding hydrogens is 306 g/mol. The minimum absolute atomic E-state index is 0.0844. The van der Waals surface area contributed by atoms with Gasteiger partial charge in [0.15, 0.2) is 0 Å². The molecule has 1 aromatic rings. The fraction of sp³-hybridized carbons (Fsp3) is 0.562. The maximum Gasteiger partial charge on any atom is 0.387 e. The lowest BCUT2D eigenvalue weighted by atomic mass is 10.0. The number of anilines is 1. The van der Waals surface area contributed by atoms with Crippen LogP contribution in [0.25, 0.3) is 0 Å². The van der Waals surface area contributed by atoms with Crippen LogP contribution in [-0.4, -0.2) is 44.9 Å². The first-order valence-electron chi connectivity index (χ1n) is 7.75. The number of nitrogens with zero attached hydrogens (tertiary/aromatic N) is 1. The molecule has 5 nitrogen and oxygen atoms in total. The average Bonchev–Trinajstić information content (AvgIpc) is 2.54. The second-order valence-corrected chi connectivity index (χ2v) is 5.34. The maximum absolute atomic E-state index is 12.1. The SMILES string of the molecule is CCOCC(=O)NC1CCN(c2ccc(OC(F)F)cc2)CC1. The second-order valence-electron chi connectivity index (χ2n) is 5.34. The molecule has 0 aliphatic carbocycles. The van der Waals surface area contributed by atoms with E-state index in [0.29, 0.717) is 6.61 Å². The van der Waals surface area contributed by atoms with Crippen LogP contribution in [0.2, 0.25) is 0 Å². The standard InChI is InChI=1S/C16H22F2N2O3/c1-2-22-11-15(21)19-12-7-9-20(10-8-12)13-3-5-14(6-4-13)23-16(17)18/h3-6,12,16H,2,7-11H2,1H3,(H,19,21). The Labute approximate surface area is 134 Å². The normalized spacial score (nSPS) is 15.7. The van der Waals surface area contributed by atoms with E-state index in [4.69, 9.17) is 4.74 Å². The Morgan fingerprint density at radius 2 is 1.96 bits per heavy atom. The highest BCUT2D eigenvalue weighted by Crippen LogP contribution is 2.23. The van der Waals surface area contributed by atoms with Crippen molar-refractivity contribution in [1.29, 1.82) is 0 Å². The summed E-state index contributed by atoms with van der Waals surface area (Å²) in [7, 11) is 0. The second kappa shape index (κ2) is 8.67. The van der Waals surface area contributed by atoms with E-state index in [-0.39, 0.29) is 24.3 Å². The largest absolute Gasteiger partial charge is 0.435 e. The van der Waals surface area contributed by atoms with E-state index < -0.39 is 6.61 Å². The highest BCUT2D eigenvalue weighted by molar-refractivity contribution is 5.77. The Balaban J connectivity index is 1.78. The Kier molecular flexibility index (Phi) is 6.58. The first-order chi connectivity index (χ1) is 11.1. The third-order valence-corrected chi connectivity index (χ3v) is 3.72. The van der Waals surface area contributed by atoms with Gasteiger partial charge in [0.05, 0.1) is 0 Å². The summed E-state index contributed by atoms with van der Waals surface area (Å²) in [6.07, 6.45) is 1.68. The van der Waals surface area contributed by atoms with E-state index in [1.807, 2.05) is 6.92 Å². The molecule has 1 aliphatic heterocycles. The lowest BCUT2D eigenvalue weighted by molar-refractivity contribution is -0.126. The first kappa shape index (κ1) is 17.5. The number of halogens is 2. The van der Waals surface area contributed by atoms with Crippen LogP contribution in [0.15, 0.2) is 24.3 Å². The van der Waals surface area contributed by atoms with Gasteiger partial charge < -0.3 is 19.7 Å². The molecule has 2 rings (SSSR count). The summed E-state index contributed by atoms with van der Waals surface area (Å²) in [4.78, 5) is 13.8. The minimum Gasteiger partial charge on any atom is -0.435 e. The fourth-order valence-electron chi connectivity index (χ4n) is 2.58. The van der Waals surface area contributed by atoms with E-state index in [1.54, 1.807) is 12.1 Å². The quantitative estimate of drug-likeness (QED) is 0.835. The molecular formula is C16H22F2N2O3. The van der Waals surface area contributed by atoms with Crippen LogP contribution in [0.4, 0.5) is 14.5 Å². The van der Waals surface area contributed by atoms with E-state index in [0.717, 1.165) is 31.6 Å². The zero-order chi connectivity index (χ0) is 16.7. The van der Waals surface area contributed by atoms with E-state index in [2.05, 4.69) is 15.0 Å². The Morgan fingerprint density at radius 1 is 1.30 bits per heavy atom. The molecule has 0 atom stereocenters. The number of alkyl halides is 2. The van der Waals surface area contributed by atoms with Crippen LogP contribution >= 0.6 is 0 Å². The Morgan fingerprint density at radius 3 is 2.52 bits per heavy atom. The molecule has 0 aromatic heterocycles. The number of carbonyl (C=O) groups excluding carboxylic acids is 1. The summed E-state index contributed by atoms with van der Waals surface area (Å²) in [5, 5.41) is 2.96. The van der Waals surface area contributed by atoms with Crippen molar-refractivity contribution in [2.24, 2.45) is 0 Å². The summed E-state index contributed by atoms with van der Waals surface area (Å²) >= 11 is 0. The van der Waals surface area contributed by atoms with Gasteiger partial charge in [0.1, 0.15) is 12.4 Å². The molecule has 1 N–H and O–H groups in total. The number of rotatable bonds is 7. The number of piperidine rings is 1. The van der Waals surface area contributed by atoms with Gasteiger partial charge in [0, 0.05) is 31.4 Å². The predicted octanol–water partition coefficient (Wildman–Crippen LogP) is 2.41. The van der Waals surface area contributed by atoms with Gasteiger partial charge in [-0.3, -0.25) is 4.79 Å². The van der Waals surface area contributed by atoms with E-state index in [1.165, 1.54) is 12.1 Å². The van der Waals surface area contributed by atoms with Crippen LogP contribution < -0.4 is 15.0 Å². The van der Waals surface area contributed by atoms with Crippen molar-refractivity contribution in [3.8, 4) is 5.75 Å². The molecule has 0 spiro atoms. The summed E-state index contributed by atoms with van der Waals surface area (Å²) in [6.45, 7) is 1.27. The molecule has 0 unspecified atom stereocenters. The van der Waals surface area contributed by atoms with Gasteiger partial charge in [-0.25, -0.2) is 0 Å². The smallest absolute Gasteiger partial charge is 0.387 e. The van der Waals surface area contributed by atoms with E-state index >= 15 is 0 Å². The van der Waals surface area contributed by atoms with Crippen molar-refractivity contribution in [2.75, 3.05) is 31.2 Å². The van der Waals surface area contributed by atoms with Crippen molar-refractivity contribution in [3.63, 3.8) is 0 Å². The van der Waals surface area contributed by atoms with Gasteiger partial charge in [0.25, 0.3) is 0 Å². The van der Waals surface area contributed by atoms with Crippen LogP contribution in [0, 0.1) is 0 Å². The summed E-state index contributed by atoms with van der Waals surface area (Å²) in [6, 6.07) is 6.77. The number of nitrogens with one attached hydrogen (secondary N) is 1. The third-order valence-electron chi connectivity index (χ3n) is 3.72. The number of amides is 1. The number of carbonyl (C=O) groups is 1. The number of benzene rings is 1. The lowest BCUT2D eigenvalue weighted by Gasteiger charge is -2.34. The molecule has 1 amide bonds. The Bertz CT molecular complexity index is 489. The molecule has 0 bridgehead atoms. The third kappa shape index (κ3) is 5.67. The highest BCUT2D eigenvalue weighted by Gasteiger charge is 2.21. The molecule has 0 saturated carbocycles. The van der Waals surface area contributed by atoms with Gasteiger partial charge >= 0.3 is 6.61 Å².